The van der Waals surface area contributed by atoms with Crippen molar-refractivity contribution in [3.63, 3.8) is 0 Å². The average Bonchev–Trinajstić information content (AvgIpc) is 2.97. The molecule has 0 atom stereocenters. The number of nitrogens with zero attached hydrogens (tertiary/aromatic N) is 10. The second-order valence-electron chi connectivity index (χ2n) is 11.9. The number of hydrogen-bond acceptors (Lipinski definition) is 19. The van der Waals surface area contributed by atoms with Gasteiger partial charge in [0.1, 0.15) is 23.1 Å². The van der Waals surface area contributed by atoms with Crippen LogP contribution in [0.4, 0.5) is 14.4 Å². The Morgan fingerprint density at radius 2 is 1.11 bits per heavy atom. The van der Waals surface area contributed by atoms with Gasteiger partial charge in [-0.3, -0.25) is 10.9 Å². The van der Waals surface area contributed by atoms with Crippen molar-refractivity contribution in [1.29, 1.82) is 0 Å². The molecule has 2 aromatic heterocycles. The Bertz CT molecular complexity index is 1310. The van der Waals surface area contributed by atoms with Crippen LogP contribution < -0.4 is 26.8 Å². The molecule has 2 aromatic rings. The summed E-state index contributed by atoms with van der Waals surface area (Å²) in [6.45, 7) is 16.7. The molecule has 0 radical (unpaired) electrons. The molecule has 0 fully saturated rings. The highest BCUT2D eigenvalue weighted by molar-refractivity contribution is 7.98. The van der Waals surface area contributed by atoms with Crippen LogP contribution in [0.3, 0.4) is 0 Å². The number of aromatic nitrogens is 8. The van der Waals surface area contributed by atoms with Gasteiger partial charge in [-0.25, -0.2) is 14.4 Å². The van der Waals surface area contributed by atoms with Crippen LogP contribution in [0.15, 0.2) is 21.7 Å². The second-order valence-corrected chi connectivity index (χ2v) is 12.7. The number of alkyl carbamates (subject to hydrolysis) is 3. The van der Waals surface area contributed by atoms with E-state index in [1.165, 1.54) is 24.4 Å². The SMILES string of the molecule is CC(C)(C)OC(=O)NCC1=NNC=NN1.CC(C)(C)OC(=O)NCc1nncnn1.CSc1nnc(CNC(=O)OC(C)(C)C)nn1. The predicted molar refractivity (Wildman–Crippen MR) is 170 cm³/mol. The topological polar surface area (TPSA) is 267 Å². The first-order valence-corrected chi connectivity index (χ1v) is 15.2. The Morgan fingerprint density at radius 3 is 1.49 bits per heavy atom. The van der Waals surface area contributed by atoms with Crippen LogP contribution in [0.2, 0.25) is 0 Å². The summed E-state index contributed by atoms with van der Waals surface area (Å²) in [4.78, 5) is 33.7. The molecule has 3 heterocycles. The van der Waals surface area contributed by atoms with E-state index in [-0.39, 0.29) is 19.6 Å². The molecule has 1 aliphatic heterocycles. The van der Waals surface area contributed by atoms with Crippen LogP contribution >= 0.6 is 11.8 Å². The van der Waals surface area contributed by atoms with Gasteiger partial charge in [0, 0.05) is 0 Å². The highest BCUT2D eigenvalue weighted by Gasteiger charge is 2.18. The lowest BCUT2D eigenvalue weighted by Gasteiger charge is -2.20. The molecule has 5 N–H and O–H groups in total. The molecule has 21 nitrogen and oxygen atoms in total. The summed E-state index contributed by atoms with van der Waals surface area (Å²) in [6.07, 6.45) is 2.93. The summed E-state index contributed by atoms with van der Waals surface area (Å²) < 4.78 is 15.1. The summed E-state index contributed by atoms with van der Waals surface area (Å²) in [5.74, 6) is 1.19. The number of hydrazone groups is 2. The molecule has 22 heteroatoms. The Labute approximate surface area is 276 Å². The van der Waals surface area contributed by atoms with Crippen LogP contribution in [0, 0.1) is 0 Å². The first-order valence-electron chi connectivity index (χ1n) is 13.9. The molecule has 0 unspecified atom stereocenters. The van der Waals surface area contributed by atoms with Crippen LogP contribution in [0.25, 0.3) is 0 Å². The quantitative estimate of drug-likeness (QED) is 0.203. The van der Waals surface area contributed by atoms with E-state index in [2.05, 4.69) is 77.8 Å². The van der Waals surface area contributed by atoms with Crippen LogP contribution in [-0.2, 0) is 27.3 Å². The minimum absolute atomic E-state index is 0.142. The third-order valence-electron chi connectivity index (χ3n) is 4.03. The van der Waals surface area contributed by atoms with Gasteiger partial charge in [-0.1, -0.05) is 11.8 Å². The maximum atomic E-state index is 11.3. The number of hydrogen-bond donors (Lipinski definition) is 5. The molecule has 0 saturated heterocycles. The Morgan fingerprint density at radius 1 is 0.681 bits per heavy atom. The lowest BCUT2D eigenvalue weighted by molar-refractivity contribution is 0.0510. The van der Waals surface area contributed by atoms with Crippen LogP contribution in [-0.4, -0.2) is 101 Å². The molecule has 1 aliphatic rings. The molecule has 0 saturated carbocycles. The number of carbonyl (C=O) groups excluding carboxylic acids is 3. The molecular weight excluding hydrogens is 638 g/mol. The highest BCUT2D eigenvalue weighted by Crippen LogP contribution is 2.08. The first kappa shape index (κ1) is 40.0. The fraction of sp³-hybridized carbons (Fsp3) is 0.640. The molecule has 47 heavy (non-hydrogen) atoms. The van der Waals surface area contributed by atoms with Gasteiger partial charge in [-0.15, -0.1) is 40.8 Å². The van der Waals surface area contributed by atoms with Crippen molar-refractivity contribution in [2.24, 2.45) is 10.2 Å². The minimum atomic E-state index is -0.524. The Kier molecular flexibility index (Phi) is 16.6. The monoisotopic (exact) mass is 681 g/mol. The second kappa shape index (κ2) is 19.5. The van der Waals surface area contributed by atoms with Crippen molar-refractivity contribution >= 4 is 42.2 Å². The largest absolute Gasteiger partial charge is 0.444 e. The zero-order chi connectivity index (χ0) is 35.5. The Balaban J connectivity index is 0.000000353. The van der Waals surface area contributed by atoms with Gasteiger partial charge in [-0.2, -0.15) is 10.2 Å². The summed E-state index contributed by atoms with van der Waals surface area (Å²) in [5, 5.41) is 45.1. The summed E-state index contributed by atoms with van der Waals surface area (Å²) >= 11 is 1.35. The first-order chi connectivity index (χ1) is 21.8. The molecular formula is C25H43N15O6S. The molecule has 3 rings (SSSR count). The fourth-order valence-corrected chi connectivity index (χ4v) is 2.68. The lowest BCUT2D eigenvalue weighted by atomic mass is 10.2. The van der Waals surface area contributed by atoms with E-state index in [4.69, 9.17) is 14.2 Å². The minimum Gasteiger partial charge on any atom is -0.444 e. The Hall–Kier alpha value is -5.02. The van der Waals surface area contributed by atoms with E-state index in [1.807, 2.05) is 6.26 Å². The smallest absolute Gasteiger partial charge is 0.408 e. The van der Waals surface area contributed by atoms with Crippen molar-refractivity contribution in [2.45, 2.75) is 97.4 Å². The molecule has 260 valence electrons. The van der Waals surface area contributed by atoms with Crippen molar-refractivity contribution in [2.75, 3.05) is 12.8 Å². The van der Waals surface area contributed by atoms with Crippen molar-refractivity contribution in [1.82, 2.24) is 67.6 Å². The van der Waals surface area contributed by atoms with Gasteiger partial charge in [0.25, 0.3) is 0 Å². The number of carbonyl (C=O) groups is 3. The summed E-state index contributed by atoms with van der Waals surface area (Å²) in [6, 6.07) is 0. The number of rotatable bonds is 7. The number of ether oxygens (including phenoxy) is 3. The molecule has 0 aromatic carbocycles. The van der Waals surface area contributed by atoms with E-state index in [0.717, 1.165) is 0 Å². The lowest BCUT2D eigenvalue weighted by Crippen LogP contribution is -2.40. The van der Waals surface area contributed by atoms with E-state index < -0.39 is 35.1 Å². The third kappa shape index (κ3) is 22.2. The van der Waals surface area contributed by atoms with Gasteiger partial charge < -0.3 is 30.2 Å². The number of amides is 3. The third-order valence-corrected chi connectivity index (χ3v) is 4.56. The maximum absolute atomic E-state index is 11.3. The van der Waals surface area contributed by atoms with Gasteiger partial charge in [0.15, 0.2) is 23.8 Å². The van der Waals surface area contributed by atoms with Crippen molar-refractivity contribution in [3.05, 3.63) is 18.0 Å². The highest BCUT2D eigenvalue weighted by atomic mass is 32.2. The molecule has 0 aliphatic carbocycles. The van der Waals surface area contributed by atoms with E-state index in [9.17, 15) is 14.4 Å². The van der Waals surface area contributed by atoms with E-state index >= 15 is 0 Å². The van der Waals surface area contributed by atoms with Crippen molar-refractivity contribution in [3.8, 4) is 0 Å². The van der Waals surface area contributed by atoms with Crippen LogP contribution in [0.1, 0.15) is 74.0 Å². The van der Waals surface area contributed by atoms with E-state index in [0.29, 0.717) is 22.6 Å². The molecule has 3 amide bonds. The molecule has 0 bridgehead atoms. The average molecular weight is 682 g/mol. The standard InChI is InChI=1S/C9H15N5O2S.C8H15N5O2.C8H13N5O2/c1-9(2,3)16-8(15)10-5-6-11-13-7(17-4)14-12-6;2*1-8(2,3)15-7(14)9-4-6-12-10-5-11-13-6/h5H2,1-4H3,(H,10,15);5H,4H2,1-3H3,(H,9,14)(H,10,11)(H,12,13);5H,4H2,1-3H3,(H,9,14). The zero-order valence-corrected chi connectivity index (χ0v) is 28.9. The normalized spacial score (nSPS) is 12.2. The summed E-state index contributed by atoms with van der Waals surface area (Å²) in [5.41, 5.74) is 3.64. The molecule has 0 spiro atoms. The van der Waals surface area contributed by atoms with Gasteiger partial charge in [0.05, 0.1) is 19.6 Å². The van der Waals surface area contributed by atoms with Crippen LogP contribution in [0.5, 0.6) is 0 Å². The fourth-order valence-electron chi connectivity index (χ4n) is 2.44. The van der Waals surface area contributed by atoms with Crippen molar-refractivity contribution < 1.29 is 28.6 Å². The number of nitrogens with one attached hydrogen (secondary N) is 5. The summed E-state index contributed by atoms with van der Waals surface area (Å²) in [7, 11) is 0. The zero-order valence-electron chi connectivity index (χ0n) is 28.1. The van der Waals surface area contributed by atoms with E-state index in [1.54, 1.807) is 62.3 Å². The number of thioether (sulfide) groups is 1. The number of amidine groups is 1. The van der Waals surface area contributed by atoms with Gasteiger partial charge >= 0.3 is 18.3 Å². The van der Waals surface area contributed by atoms with Gasteiger partial charge in [-0.05, 0) is 68.6 Å². The predicted octanol–water partition coefficient (Wildman–Crippen LogP) is 1.27. The maximum Gasteiger partial charge on any atom is 0.408 e. The van der Waals surface area contributed by atoms with Gasteiger partial charge in [0.2, 0.25) is 5.16 Å².